The summed E-state index contributed by atoms with van der Waals surface area (Å²) >= 11 is 0. The highest BCUT2D eigenvalue weighted by Gasteiger charge is 2.66. The molecule has 0 saturated heterocycles. The molecule has 0 amide bonds. The van der Waals surface area contributed by atoms with Crippen molar-refractivity contribution in [2.24, 2.45) is 16.2 Å². The zero-order valence-corrected chi connectivity index (χ0v) is 15.7. The van der Waals surface area contributed by atoms with E-state index in [9.17, 15) is 0 Å². The predicted octanol–water partition coefficient (Wildman–Crippen LogP) is 3.03. The van der Waals surface area contributed by atoms with Crippen LogP contribution in [0.4, 0.5) is 0 Å². The SMILES string of the molecule is CC12CC3(C)CC(Cn4cccn4)(C1)CC(OCCOCCO)(C2)C3. The summed E-state index contributed by atoms with van der Waals surface area (Å²) in [4.78, 5) is 0. The average molecular weight is 348 g/mol. The molecule has 0 aliphatic heterocycles. The third kappa shape index (κ3) is 3.38. The monoisotopic (exact) mass is 348 g/mol. The minimum Gasteiger partial charge on any atom is -0.394 e. The third-order valence-electron chi connectivity index (χ3n) is 6.58. The highest BCUT2D eigenvalue weighted by Crippen LogP contribution is 2.71. The molecule has 140 valence electrons. The van der Waals surface area contributed by atoms with Gasteiger partial charge in [0.2, 0.25) is 0 Å². The van der Waals surface area contributed by atoms with Crippen molar-refractivity contribution in [1.29, 1.82) is 0 Å². The van der Waals surface area contributed by atoms with Crippen LogP contribution in [0.5, 0.6) is 0 Å². The lowest BCUT2D eigenvalue weighted by Crippen LogP contribution is -2.64. The van der Waals surface area contributed by atoms with Gasteiger partial charge in [0.25, 0.3) is 0 Å². The first-order valence-corrected chi connectivity index (χ1v) is 9.68. The Labute approximate surface area is 150 Å². The first-order valence-electron chi connectivity index (χ1n) is 9.68. The summed E-state index contributed by atoms with van der Waals surface area (Å²) in [6.45, 7) is 7.63. The molecule has 1 N–H and O–H groups in total. The highest BCUT2D eigenvalue weighted by atomic mass is 16.5. The van der Waals surface area contributed by atoms with Gasteiger partial charge in [-0.1, -0.05) is 13.8 Å². The maximum atomic E-state index is 8.85. The molecule has 4 aliphatic carbocycles. The van der Waals surface area contributed by atoms with E-state index in [0.717, 1.165) is 13.0 Å². The largest absolute Gasteiger partial charge is 0.394 e. The van der Waals surface area contributed by atoms with Crippen molar-refractivity contribution in [1.82, 2.24) is 9.78 Å². The van der Waals surface area contributed by atoms with Crippen LogP contribution in [0, 0.1) is 16.2 Å². The summed E-state index contributed by atoms with van der Waals surface area (Å²) in [5.74, 6) is 0. The molecule has 0 radical (unpaired) electrons. The molecule has 4 bridgehead atoms. The highest BCUT2D eigenvalue weighted by molar-refractivity contribution is 5.16. The second kappa shape index (κ2) is 6.07. The Bertz CT molecular complexity index is 582. The van der Waals surface area contributed by atoms with Crippen LogP contribution in [0.25, 0.3) is 0 Å². The van der Waals surface area contributed by atoms with Gasteiger partial charge in [-0.15, -0.1) is 0 Å². The summed E-state index contributed by atoms with van der Waals surface area (Å²) in [7, 11) is 0. The maximum absolute atomic E-state index is 8.85. The van der Waals surface area contributed by atoms with Gasteiger partial charge in [-0.05, 0) is 60.8 Å². The molecule has 5 rings (SSSR count). The van der Waals surface area contributed by atoms with E-state index in [4.69, 9.17) is 14.6 Å². The lowest BCUT2D eigenvalue weighted by Gasteiger charge is -2.69. The van der Waals surface area contributed by atoms with E-state index in [1.807, 2.05) is 12.3 Å². The molecule has 4 fully saturated rings. The van der Waals surface area contributed by atoms with Crippen LogP contribution in [0.2, 0.25) is 0 Å². The fourth-order valence-electron chi connectivity index (χ4n) is 7.37. The minimum atomic E-state index is -0.00597. The molecule has 0 spiro atoms. The molecule has 4 saturated carbocycles. The third-order valence-corrected chi connectivity index (χ3v) is 6.58. The number of nitrogens with zero attached hydrogens (tertiary/aromatic N) is 2. The van der Waals surface area contributed by atoms with Gasteiger partial charge in [0, 0.05) is 18.9 Å². The molecular weight excluding hydrogens is 316 g/mol. The molecule has 2 unspecified atom stereocenters. The standard InChI is InChI=1S/C20H32N2O3/c1-17-10-18(2)12-19(11-17,16-22-5-3-4-21-22)15-20(13-17,14-18)25-9-8-24-7-6-23/h3-5,23H,6-16H2,1-2H3. The second-order valence-electron chi connectivity index (χ2n) is 9.75. The summed E-state index contributed by atoms with van der Waals surface area (Å²) in [5, 5.41) is 13.3. The van der Waals surface area contributed by atoms with E-state index in [1.54, 1.807) is 0 Å². The fraction of sp³-hybridized carbons (Fsp3) is 0.850. The van der Waals surface area contributed by atoms with Gasteiger partial charge in [0.05, 0.1) is 32.0 Å². The van der Waals surface area contributed by atoms with Crippen molar-refractivity contribution in [3.63, 3.8) is 0 Å². The molecule has 1 heterocycles. The number of hydrogen-bond donors (Lipinski definition) is 1. The molecule has 25 heavy (non-hydrogen) atoms. The van der Waals surface area contributed by atoms with Crippen LogP contribution in [-0.2, 0) is 16.0 Å². The molecular formula is C20H32N2O3. The van der Waals surface area contributed by atoms with Crippen LogP contribution in [-0.4, -0.2) is 46.9 Å². The van der Waals surface area contributed by atoms with Gasteiger partial charge in [0.1, 0.15) is 0 Å². The Kier molecular flexibility index (Phi) is 4.25. The van der Waals surface area contributed by atoms with E-state index in [-0.39, 0.29) is 12.2 Å². The molecule has 5 heteroatoms. The van der Waals surface area contributed by atoms with Crippen LogP contribution in [0.1, 0.15) is 52.4 Å². The maximum Gasteiger partial charge on any atom is 0.0708 e. The number of aromatic nitrogens is 2. The van der Waals surface area contributed by atoms with E-state index in [2.05, 4.69) is 29.8 Å². The van der Waals surface area contributed by atoms with Crippen LogP contribution >= 0.6 is 0 Å². The number of rotatable bonds is 8. The van der Waals surface area contributed by atoms with E-state index in [1.165, 1.54) is 32.1 Å². The van der Waals surface area contributed by atoms with Gasteiger partial charge >= 0.3 is 0 Å². The van der Waals surface area contributed by atoms with Crippen molar-refractivity contribution >= 4 is 0 Å². The summed E-state index contributed by atoms with van der Waals surface area (Å²) < 4.78 is 14.1. The fourth-order valence-corrected chi connectivity index (χ4v) is 7.37. The molecule has 1 aromatic heterocycles. The summed E-state index contributed by atoms with van der Waals surface area (Å²) in [5.41, 5.74) is 1.05. The van der Waals surface area contributed by atoms with Gasteiger partial charge in [-0.2, -0.15) is 5.10 Å². The van der Waals surface area contributed by atoms with Crippen molar-refractivity contribution in [2.75, 3.05) is 26.4 Å². The number of hydrogen-bond acceptors (Lipinski definition) is 4. The van der Waals surface area contributed by atoms with Crippen LogP contribution in [0.15, 0.2) is 18.5 Å². The lowest BCUT2D eigenvalue weighted by atomic mass is 9.39. The Balaban J connectivity index is 1.53. The van der Waals surface area contributed by atoms with Crippen LogP contribution < -0.4 is 0 Å². The average Bonchev–Trinajstić information content (AvgIpc) is 2.95. The van der Waals surface area contributed by atoms with Crippen molar-refractivity contribution in [2.45, 2.75) is 64.5 Å². The Hall–Kier alpha value is -0.910. The Morgan fingerprint density at radius 2 is 1.76 bits per heavy atom. The number of aliphatic hydroxyl groups is 1. The molecule has 4 aliphatic rings. The predicted molar refractivity (Wildman–Crippen MR) is 95.2 cm³/mol. The van der Waals surface area contributed by atoms with Gasteiger partial charge in [-0.25, -0.2) is 0 Å². The van der Waals surface area contributed by atoms with Crippen LogP contribution in [0.3, 0.4) is 0 Å². The molecule has 1 aromatic rings. The normalized spacial score (nSPS) is 42.2. The van der Waals surface area contributed by atoms with Gasteiger partial charge in [-0.3, -0.25) is 4.68 Å². The topological polar surface area (TPSA) is 56.5 Å². The zero-order chi connectivity index (χ0) is 17.6. The Morgan fingerprint density at radius 3 is 2.40 bits per heavy atom. The summed E-state index contributed by atoms with van der Waals surface area (Å²) in [6.07, 6.45) is 11.4. The number of ether oxygens (including phenoxy) is 2. The van der Waals surface area contributed by atoms with Gasteiger partial charge in [0.15, 0.2) is 0 Å². The summed E-state index contributed by atoms with van der Waals surface area (Å²) in [6, 6.07) is 2.02. The quantitative estimate of drug-likeness (QED) is 0.734. The first-order chi connectivity index (χ1) is 11.9. The minimum absolute atomic E-state index is 0.00597. The molecule has 5 nitrogen and oxygen atoms in total. The van der Waals surface area contributed by atoms with Crippen molar-refractivity contribution in [3.8, 4) is 0 Å². The lowest BCUT2D eigenvalue weighted by molar-refractivity contribution is -0.250. The zero-order valence-electron chi connectivity index (χ0n) is 15.7. The number of aliphatic hydroxyl groups excluding tert-OH is 1. The molecule has 2 atom stereocenters. The Morgan fingerprint density at radius 1 is 1.00 bits per heavy atom. The van der Waals surface area contributed by atoms with E-state index in [0.29, 0.717) is 36.1 Å². The van der Waals surface area contributed by atoms with E-state index < -0.39 is 0 Å². The smallest absolute Gasteiger partial charge is 0.0708 e. The van der Waals surface area contributed by atoms with Crippen molar-refractivity contribution < 1.29 is 14.6 Å². The second-order valence-corrected chi connectivity index (χ2v) is 9.75. The van der Waals surface area contributed by atoms with Gasteiger partial charge < -0.3 is 14.6 Å². The van der Waals surface area contributed by atoms with Crippen molar-refractivity contribution in [3.05, 3.63) is 18.5 Å². The first kappa shape index (κ1) is 17.5. The van der Waals surface area contributed by atoms with E-state index >= 15 is 0 Å². The molecule has 0 aromatic carbocycles.